The Bertz CT molecular complexity index is 236. The average Bonchev–Trinajstić information content (AvgIpc) is 2.48. The topological polar surface area (TPSA) is 58.0 Å². The number of aryl methyl sites for hydroxylation is 1. The van der Waals surface area contributed by atoms with Crippen molar-refractivity contribution >= 4 is 16.7 Å². The van der Waals surface area contributed by atoms with Crippen LogP contribution in [0.15, 0.2) is 0 Å². The molecule has 5 heteroatoms. The zero-order chi connectivity index (χ0) is 8.97. The van der Waals surface area contributed by atoms with Crippen LogP contribution in [0.2, 0.25) is 0 Å². The Morgan fingerprint density at radius 3 is 2.92 bits per heavy atom. The van der Waals surface area contributed by atoms with Gasteiger partial charge in [-0.15, -0.1) is 0 Å². The number of anilines is 1. The minimum Gasteiger partial charge on any atom is -0.392 e. The molecule has 68 valence electrons. The molecule has 1 heterocycles. The predicted octanol–water partition coefficient (Wildman–Crippen LogP) is 0.893. The van der Waals surface area contributed by atoms with E-state index >= 15 is 0 Å². The highest BCUT2D eigenvalue weighted by atomic mass is 32.1. The van der Waals surface area contributed by atoms with Crippen molar-refractivity contribution < 1.29 is 5.11 Å². The van der Waals surface area contributed by atoms with Crippen molar-refractivity contribution in [2.24, 2.45) is 0 Å². The van der Waals surface area contributed by atoms with Crippen LogP contribution < -0.4 is 5.32 Å². The Labute approximate surface area is 75.8 Å². The van der Waals surface area contributed by atoms with Gasteiger partial charge in [-0.3, -0.25) is 0 Å². The lowest BCUT2D eigenvalue weighted by Crippen LogP contribution is -2.15. The number of hydrogen-bond donors (Lipinski definition) is 2. The lowest BCUT2D eigenvalue weighted by atomic mass is 10.4. The maximum absolute atomic E-state index is 8.97. The lowest BCUT2D eigenvalue weighted by Gasteiger charge is -2.02. The van der Waals surface area contributed by atoms with E-state index in [0.29, 0.717) is 6.54 Å². The summed E-state index contributed by atoms with van der Waals surface area (Å²) in [6, 6.07) is 0. The van der Waals surface area contributed by atoms with Crippen molar-refractivity contribution in [3.05, 3.63) is 5.82 Å². The summed E-state index contributed by atoms with van der Waals surface area (Å²) in [5.74, 6) is 0.855. The Kier molecular flexibility index (Phi) is 3.43. The van der Waals surface area contributed by atoms with Gasteiger partial charge in [-0.05, 0) is 6.92 Å². The van der Waals surface area contributed by atoms with Gasteiger partial charge < -0.3 is 10.4 Å². The second-order valence-electron chi connectivity index (χ2n) is 2.60. The predicted molar refractivity (Wildman–Crippen MR) is 49.5 cm³/mol. The van der Waals surface area contributed by atoms with Crippen LogP contribution in [-0.4, -0.2) is 27.1 Å². The SMILES string of the molecule is CCc1nsc(NCC(C)O)n1. The zero-order valence-electron chi connectivity index (χ0n) is 7.24. The average molecular weight is 187 g/mol. The molecule has 4 nitrogen and oxygen atoms in total. The minimum absolute atomic E-state index is 0.348. The summed E-state index contributed by atoms with van der Waals surface area (Å²) in [5, 5.41) is 12.8. The Balaban J connectivity index is 2.41. The molecule has 0 aliphatic heterocycles. The zero-order valence-corrected chi connectivity index (χ0v) is 8.06. The second-order valence-corrected chi connectivity index (χ2v) is 3.35. The first-order chi connectivity index (χ1) is 5.72. The van der Waals surface area contributed by atoms with E-state index in [1.54, 1.807) is 6.92 Å². The summed E-state index contributed by atoms with van der Waals surface area (Å²) in [7, 11) is 0. The summed E-state index contributed by atoms with van der Waals surface area (Å²) < 4.78 is 4.10. The summed E-state index contributed by atoms with van der Waals surface area (Å²) in [4.78, 5) is 4.19. The molecule has 0 saturated carbocycles. The van der Waals surface area contributed by atoms with Crippen molar-refractivity contribution in [2.45, 2.75) is 26.4 Å². The molecule has 0 radical (unpaired) electrons. The molecule has 1 aromatic rings. The van der Waals surface area contributed by atoms with Gasteiger partial charge in [0.25, 0.3) is 0 Å². The van der Waals surface area contributed by atoms with E-state index in [1.165, 1.54) is 11.5 Å². The van der Waals surface area contributed by atoms with Gasteiger partial charge in [0, 0.05) is 24.5 Å². The quantitative estimate of drug-likeness (QED) is 0.735. The van der Waals surface area contributed by atoms with Gasteiger partial charge >= 0.3 is 0 Å². The number of rotatable bonds is 4. The monoisotopic (exact) mass is 187 g/mol. The van der Waals surface area contributed by atoms with E-state index in [4.69, 9.17) is 5.11 Å². The molecule has 0 bridgehead atoms. The molecule has 1 unspecified atom stereocenters. The van der Waals surface area contributed by atoms with E-state index in [-0.39, 0.29) is 6.10 Å². The maximum Gasteiger partial charge on any atom is 0.202 e. The van der Waals surface area contributed by atoms with Gasteiger partial charge in [0.05, 0.1) is 6.10 Å². The summed E-state index contributed by atoms with van der Waals surface area (Å²) in [6.45, 7) is 4.27. The highest BCUT2D eigenvalue weighted by molar-refractivity contribution is 7.09. The number of nitrogens with one attached hydrogen (secondary N) is 1. The van der Waals surface area contributed by atoms with Gasteiger partial charge in [0.15, 0.2) is 0 Å². The van der Waals surface area contributed by atoms with Crippen LogP contribution in [0.3, 0.4) is 0 Å². The maximum atomic E-state index is 8.97. The van der Waals surface area contributed by atoms with Gasteiger partial charge in [-0.25, -0.2) is 4.98 Å². The van der Waals surface area contributed by atoms with E-state index < -0.39 is 0 Å². The van der Waals surface area contributed by atoms with Gasteiger partial charge in [0.1, 0.15) is 5.82 Å². The van der Waals surface area contributed by atoms with Crippen LogP contribution in [0.5, 0.6) is 0 Å². The normalized spacial score (nSPS) is 12.9. The Hall–Kier alpha value is -0.680. The molecule has 0 aliphatic carbocycles. The van der Waals surface area contributed by atoms with E-state index in [9.17, 15) is 0 Å². The number of hydrogen-bond acceptors (Lipinski definition) is 5. The third-order valence-electron chi connectivity index (χ3n) is 1.33. The minimum atomic E-state index is -0.348. The molecule has 1 aromatic heterocycles. The van der Waals surface area contributed by atoms with E-state index in [1.807, 2.05) is 6.92 Å². The van der Waals surface area contributed by atoms with Crippen LogP contribution >= 0.6 is 11.5 Å². The number of aliphatic hydroxyl groups is 1. The molecular formula is C7H13N3OS. The second kappa shape index (κ2) is 4.37. The Morgan fingerprint density at radius 1 is 1.67 bits per heavy atom. The summed E-state index contributed by atoms with van der Waals surface area (Å²) in [5.41, 5.74) is 0. The fraction of sp³-hybridized carbons (Fsp3) is 0.714. The highest BCUT2D eigenvalue weighted by Crippen LogP contribution is 2.10. The number of aliphatic hydroxyl groups excluding tert-OH is 1. The van der Waals surface area contributed by atoms with Crippen molar-refractivity contribution in [1.82, 2.24) is 9.36 Å². The highest BCUT2D eigenvalue weighted by Gasteiger charge is 2.01. The van der Waals surface area contributed by atoms with Crippen LogP contribution in [-0.2, 0) is 6.42 Å². The summed E-state index contributed by atoms with van der Waals surface area (Å²) in [6.07, 6.45) is 0.506. The van der Waals surface area contributed by atoms with Crippen LogP contribution in [0.4, 0.5) is 5.13 Å². The van der Waals surface area contributed by atoms with Crippen molar-refractivity contribution in [1.29, 1.82) is 0 Å². The number of nitrogens with zero attached hydrogens (tertiary/aromatic N) is 2. The van der Waals surface area contributed by atoms with Crippen molar-refractivity contribution in [3.63, 3.8) is 0 Å². The Morgan fingerprint density at radius 2 is 2.42 bits per heavy atom. The molecule has 1 rings (SSSR count). The standard InChI is InChI=1S/C7H13N3OS/c1-3-6-9-7(12-10-6)8-4-5(2)11/h5,11H,3-4H2,1-2H3,(H,8,9,10). The molecule has 0 spiro atoms. The van der Waals surface area contributed by atoms with Gasteiger partial charge in [0.2, 0.25) is 5.13 Å². The van der Waals surface area contributed by atoms with E-state index in [2.05, 4.69) is 14.7 Å². The number of aromatic nitrogens is 2. The molecule has 0 saturated heterocycles. The largest absolute Gasteiger partial charge is 0.392 e. The summed E-state index contributed by atoms with van der Waals surface area (Å²) >= 11 is 1.33. The molecule has 0 fully saturated rings. The van der Waals surface area contributed by atoms with E-state index in [0.717, 1.165) is 17.4 Å². The van der Waals surface area contributed by atoms with Crippen molar-refractivity contribution in [2.75, 3.05) is 11.9 Å². The molecule has 2 N–H and O–H groups in total. The van der Waals surface area contributed by atoms with Gasteiger partial charge in [-0.2, -0.15) is 4.37 Å². The molecule has 0 amide bonds. The van der Waals surface area contributed by atoms with Crippen LogP contribution in [0.1, 0.15) is 19.7 Å². The van der Waals surface area contributed by atoms with Gasteiger partial charge in [-0.1, -0.05) is 6.92 Å². The first kappa shape index (κ1) is 9.41. The smallest absolute Gasteiger partial charge is 0.202 e. The van der Waals surface area contributed by atoms with Crippen LogP contribution in [0.25, 0.3) is 0 Å². The lowest BCUT2D eigenvalue weighted by molar-refractivity contribution is 0.208. The molecule has 12 heavy (non-hydrogen) atoms. The first-order valence-electron chi connectivity index (χ1n) is 3.97. The third kappa shape index (κ3) is 2.75. The fourth-order valence-electron chi connectivity index (χ4n) is 0.704. The first-order valence-corrected chi connectivity index (χ1v) is 4.74. The van der Waals surface area contributed by atoms with Crippen molar-refractivity contribution in [3.8, 4) is 0 Å². The molecule has 0 aliphatic rings. The fourth-order valence-corrected chi connectivity index (χ4v) is 1.36. The van der Waals surface area contributed by atoms with Crippen LogP contribution in [0, 0.1) is 0 Å². The molecular weight excluding hydrogens is 174 g/mol. The molecule has 0 aromatic carbocycles. The molecule has 1 atom stereocenters. The third-order valence-corrected chi connectivity index (χ3v) is 2.04.